The summed E-state index contributed by atoms with van der Waals surface area (Å²) in [7, 11) is 1.92. The van der Waals surface area contributed by atoms with E-state index in [2.05, 4.69) is 20.9 Å². The minimum atomic E-state index is 0.109. The van der Waals surface area contributed by atoms with E-state index in [0.29, 0.717) is 32.1 Å². The molecule has 0 atom stereocenters. The Morgan fingerprint density at radius 2 is 2.03 bits per heavy atom. The van der Waals surface area contributed by atoms with Gasteiger partial charge in [0.05, 0.1) is 18.8 Å². The van der Waals surface area contributed by atoms with Crippen molar-refractivity contribution in [3.8, 4) is 11.8 Å². The number of aromatic hydroxyl groups is 1. The zero-order chi connectivity index (χ0) is 21.1. The van der Waals surface area contributed by atoms with Crippen molar-refractivity contribution in [1.82, 2.24) is 14.9 Å². The highest BCUT2D eigenvalue weighted by atomic mass is 16.5. The second-order valence-electron chi connectivity index (χ2n) is 7.55. The predicted molar refractivity (Wildman–Crippen MR) is 117 cm³/mol. The van der Waals surface area contributed by atoms with E-state index in [9.17, 15) is 5.11 Å². The fourth-order valence-electron chi connectivity index (χ4n) is 3.82. The van der Waals surface area contributed by atoms with E-state index in [0.717, 1.165) is 40.7 Å². The number of likely N-dealkylation sites (N-methyl/N-ethyl adjacent to an activating group) is 1. The van der Waals surface area contributed by atoms with Gasteiger partial charge in [-0.3, -0.25) is 0 Å². The molecule has 3 aromatic rings. The lowest BCUT2D eigenvalue weighted by Crippen LogP contribution is -2.32. The monoisotopic (exact) mass is 409 g/mol. The van der Waals surface area contributed by atoms with Gasteiger partial charge in [-0.2, -0.15) is 9.97 Å². The van der Waals surface area contributed by atoms with Gasteiger partial charge in [0.2, 0.25) is 0 Å². The summed E-state index contributed by atoms with van der Waals surface area (Å²) in [6.07, 6.45) is 0.727. The molecule has 0 unspecified atom stereocenters. The summed E-state index contributed by atoms with van der Waals surface area (Å²) in [5.41, 5.74) is 8.97. The second-order valence-corrected chi connectivity index (χ2v) is 7.55. The SMILES string of the molecule is CN(CCO)CCOc1nc(N)c2c(n1)CN(c1cc(O)cc3ccccc13)CC2. The Bertz CT molecular complexity index is 1040. The van der Waals surface area contributed by atoms with Gasteiger partial charge >= 0.3 is 6.01 Å². The van der Waals surface area contributed by atoms with E-state index in [1.807, 2.05) is 30.1 Å². The third-order valence-electron chi connectivity index (χ3n) is 5.43. The molecule has 0 fully saturated rings. The number of nitrogens with two attached hydrogens (primary N) is 1. The summed E-state index contributed by atoms with van der Waals surface area (Å²) in [5.74, 6) is 0.701. The molecule has 4 rings (SSSR count). The highest BCUT2D eigenvalue weighted by Crippen LogP contribution is 2.35. The van der Waals surface area contributed by atoms with Crippen molar-refractivity contribution in [2.24, 2.45) is 0 Å². The highest BCUT2D eigenvalue weighted by Gasteiger charge is 2.23. The van der Waals surface area contributed by atoms with Crippen LogP contribution in [0.25, 0.3) is 10.8 Å². The molecule has 0 saturated carbocycles. The Kier molecular flexibility index (Phi) is 5.87. The fourth-order valence-corrected chi connectivity index (χ4v) is 3.82. The number of hydrogen-bond acceptors (Lipinski definition) is 8. The number of aliphatic hydroxyl groups excluding tert-OH is 1. The maximum absolute atomic E-state index is 10.2. The van der Waals surface area contributed by atoms with Crippen molar-refractivity contribution in [2.45, 2.75) is 13.0 Å². The smallest absolute Gasteiger partial charge is 0.318 e. The Labute approximate surface area is 175 Å². The first-order chi connectivity index (χ1) is 14.5. The zero-order valence-electron chi connectivity index (χ0n) is 17.1. The Hall–Kier alpha value is -3.10. The molecule has 0 radical (unpaired) electrons. The van der Waals surface area contributed by atoms with Crippen LogP contribution < -0.4 is 15.4 Å². The van der Waals surface area contributed by atoms with Gasteiger partial charge in [0.25, 0.3) is 0 Å². The first-order valence-corrected chi connectivity index (χ1v) is 10.1. The van der Waals surface area contributed by atoms with Gasteiger partial charge in [-0.1, -0.05) is 24.3 Å². The van der Waals surface area contributed by atoms with Gasteiger partial charge in [0.1, 0.15) is 18.2 Å². The Morgan fingerprint density at radius 3 is 2.87 bits per heavy atom. The molecule has 2 aromatic carbocycles. The van der Waals surface area contributed by atoms with Gasteiger partial charge in [-0.05, 0) is 24.9 Å². The van der Waals surface area contributed by atoms with Crippen molar-refractivity contribution in [3.05, 3.63) is 47.7 Å². The molecule has 2 heterocycles. The number of benzene rings is 2. The Morgan fingerprint density at radius 1 is 1.20 bits per heavy atom. The van der Waals surface area contributed by atoms with Crippen molar-refractivity contribution in [2.75, 3.05) is 50.5 Å². The van der Waals surface area contributed by atoms with E-state index < -0.39 is 0 Å². The van der Waals surface area contributed by atoms with E-state index in [1.54, 1.807) is 12.1 Å². The lowest BCUT2D eigenvalue weighted by molar-refractivity contribution is 0.187. The number of anilines is 2. The molecule has 1 aliphatic rings. The lowest BCUT2D eigenvalue weighted by atomic mass is 10.0. The maximum atomic E-state index is 10.2. The van der Waals surface area contributed by atoms with Crippen molar-refractivity contribution < 1.29 is 14.9 Å². The molecule has 30 heavy (non-hydrogen) atoms. The number of aromatic nitrogens is 2. The average molecular weight is 409 g/mol. The molecule has 1 aromatic heterocycles. The van der Waals surface area contributed by atoms with Crippen molar-refractivity contribution in [3.63, 3.8) is 0 Å². The third-order valence-corrected chi connectivity index (χ3v) is 5.43. The molecule has 0 amide bonds. The van der Waals surface area contributed by atoms with Crippen LogP contribution >= 0.6 is 0 Å². The molecule has 0 bridgehead atoms. The van der Waals surface area contributed by atoms with Crippen LogP contribution in [0.2, 0.25) is 0 Å². The molecule has 4 N–H and O–H groups in total. The lowest BCUT2D eigenvalue weighted by Gasteiger charge is -2.31. The quantitative estimate of drug-likeness (QED) is 0.542. The van der Waals surface area contributed by atoms with Crippen LogP contribution in [-0.2, 0) is 13.0 Å². The summed E-state index contributed by atoms with van der Waals surface area (Å²) >= 11 is 0. The minimum Gasteiger partial charge on any atom is -0.508 e. The number of aliphatic hydroxyl groups is 1. The number of hydrogen-bond donors (Lipinski definition) is 3. The summed E-state index contributed by atoms with van der Waals surface area (Å²) in [5, 5.41) is 21.3. The molecule has 158 valence electrons. The van der Waals surface area contributed by atoms with E-state index in [-0.39, 0.29) is 18.4 Å². The number of phenols is 1. The van der Waals surface area contributed by atoms with Crippen molar-refractivity contribution >= 4 is 22.3 Å². The van der Waals surface area contributed by atoms with Gasteiger partial charge < -0.3 is 30.5 Å². The number of rotatable bonds is 7. The number of ether oxygens (including phenoxy) is 1. The van der Waals surface area contributed by atoms with Crippen LogP contribution in [0.1, 0.15) is 11.3 Å². The van der Waals surface area contributed by atoms with Crippen LogP contribution in [0.5, 0.6) is 11.8 Å². The standard InChI is InChI=1S/C22H27N5O3/c1-26(8-10-28)9-11-30-22-24-19-14-27(7-6-18(19)21(23)25-22)20-13-16(29)12-15-4-2-3-5-17(15)20/h2-5,12-13,28-29H,6-11,14H2,1H3,(H2,23,24,25). The van der Waals surface area contributed by atoms with E-state index in [1.165, 1.54) is 0 Å². The van der Waals surface area contributed by atoms with Crippen LogP contribution in [-0.4, -0.2) is 65.0 Å². The number of nitrogen functional groups attached to an aromatic ring is 1. The largest absolute Gasteiger partial charge is 0.508 e. The topological polar surface area (TPSA) is 108 Å². The van der Waals surface area contributed by atoms with Crippen LogP contribution in [0.15, 0.2) is 36.4 Å². The maximum Gasteiger partial charge on any atom is 0.318 e. The minimum absolute atomic E-state index is 0.109. The van der Waals surface area contributed by atoms with E-state index in [4.69, 9.17) is 15.6 Å². The molecule has 8 heteroatoms. The first kappa shape index (κ1) is 20.2. The zero-order valence-corrected chi connectivity index (χ0v) is 17.1. The van der Waals surface area contributed by atoms with Crippen LogP contribution in [0.4, 0.5) is 11.5 Å². The number of nitrogens with zero attached hydrogens (tertiary/aromatic N) is 4. The Balaban J connectivity index is 1.55. The number of fused-ring (bicyclic) bond motifs is 2. The predicted octanol–water partition coefficient (Wildman–Crippen LogP) is 1.78. The van der Waals surface area contributed by atoms with Gasteiger partial charge in [0, 0.05) is 42.3 Å². The summed E-state index contributed by atoms with van der Waals surface area (Å²) in [6.45, 7) is 3.09. The average Bonchev–Trinajstić information content (AvgIpc) is 2.73. The molecule has 1 aliphatic heterocycles. The fraction of sp³-hybridized carbons (Fsp3) is 0.364. The van der Waals surface area contributed by atoms with Gasteiger partial charge in [0.15, 0.2) is 0 Å². The second kappa shape index (κ2) is 8.73. The summed E-state index contributed by atoms with van der Waals surface area (Å²) < 4.78 is 5.72. The van der Waals surface area contributed by atoms with E-state index >= 15 is 0 Å². The summed E-state index contributed by atoms with van der Waals surface area (Å²) in [4.78, 5) is 13.1. The van der Waals surface area contributed by atoms with Crippen molar-refractivity contribution in [1.29, 1.82) is 0 Å². The molecule has 0 saturated heterocycles. The van der Waals surface area contributed by atoms with Crippen LogP contribution in [0.3, 0.4) is 0 Å². The highest BCUT2D eigenvalue weighted by molar-refractivity contribution is 5.95. The van der Waals surface area contributed by atoms with Crippen LogP contribution in [0, 0.1) is 0 Å². The molecular weight excluding hydrogens is 382 g/mol. The molecule has 0 aliphatic carbocycles. The number of phenolic OH excluding ortho intramolecular Hbond substituents is 1. The normalized spacial score (nSPS) is 13.6. The molecular formula is C22H27N5O3. The third kappa shape index (κ3) is 4.24. The molecule has 0 spiro atoms. The first-order valence-electron chi connectivity index (χ1n) is 10.1. The van der Waals surface area contributed by atoms with Gasteiger partial charge in [-0.25, -0.2) is 0 Å². The molecule has 8 nitrogen and oxygen atoms in total. The van der Waals surface area contributed by atoms with Gasteiger partial charge in [-0.15, -0.1) is 0 Å². The summed E-state index contributed by atoms with van der Waals surface area (Å²) in [6, 6.07) is 11.9.